The standard InChI is InChI=1S/C28H35N3O6.C26H27N3O6.S15.S14/c1-12-13(2)27(36-6)21-15(24(12)33)8-18-23-22-16(26(35-5)14(3)28(37-7)25(22)34)9-17(30(23)4)19(10-29)31(18)20(21)11-32;1-10-11(2)24(33)19-13(22(10)31)7-16-21-20-14(23(32)12(3)26(35-5)25(20)34)6-15(28(21)4)17(8-27)29(16)18(19)9-30;1-3-5-7-9-11-13-15-14-12-10-8-6-4-2;1-3-5-7-9-11-13-14-12-10-8-6-4-2/h17-20,23,32-34H,8-9,11H2,1-7H3;15-18,21,30H,6-7,9H2,1-5H3;;/t17-,18-,19?,20-,23-;15-,16-,17?,18-,21-;;/m00../s1. The third-order valence-electron chi connectivity index (χ3n) is 18.2. The first-order valence-electron chi connectivity index (χ1n) is 28.7. The van der Waals surface area contributed by atoms with Crippen LogP contribution in [0.25, 0.3) is 0 Å². The number of aromatic hydroxyl groups is 2. The molecule has 2 fully saturated rings. The number of likely N-dealkylation sites (N-methyl/N-ethyl adjacent to an activating group) is 2. The minimum atomic E-state index is -0.859. The number of nitrogens with zero attached hydrogens (tertiary/aromatic N) is 6. The lowest BCUT2D eigenvalue weighted by molar-refractivity contribution is -0.125. The van der Waals surface area contributed by atoms with E-state index >= 15 is 0 Å². The number of piperazine rings is 2. The van der Waals surface area contributed by atoms with Crippen LogP contribution in [0.3, 0.4) is 0 Å². The zero-order valence-corrected chi connectivity index (χ0v) is 78.3. The topological polar surface area (TPSA) is 247 Å². The van der Waals surface area contributed by atoms with E-state index in [9.17, 15) is 50.1 Å². The highest BCUT2D eigenvalue weighted by atomic mass is 33.5. The van der Waals surface area contributed by atoms with Crippen molar-refractivity contribution >= 4 is 290 Å². The van der Waals surface area contributed by atoms with Gasteiger partial charge in [0, 0.05) is 358 Å². The Balaban J connectivity index is 0.000000206. The molecular formula is C54H62N6O12S29. The van der Waals surface area contributed by atoms with E-state index in [1.807, 2.05) is 44.7 Å². The van der Waals surface area contributed by atoms with Gasteiger partial charge < -0.3 is 39.4 Å². The number of nitriles is 2. The molecule has 2 aliphatic carbocycles. The number of carbonyl (C=O) groups excluding carboxylic acids is 4. The monoisotopic (exact) mass is 1910 g/mol. The van der Waals surface area contributed by atoms with Gasteiger partial charge in [0.15, 0.2) is 34.6 Å². The lowest BCUT2D eigenvalue weighted by atomic mass is 9.67. The third kappa shape index (κ3) is 19.3. The quantitative estimate of drug-likeness (QED) is 0.303. The molecule has 0 saturated carbocycles. The Labute approximate surface area is 676 Å². The number of hydrogen-bond donors (Lipinski definition) is 4. The van der Waals surface area contributed by atoms with E-state index < -0.39 is 48.9 Å². The highest BCUT2D eigenvalue weighted by molar-refractivity contribution is 8.77. The fourth-order valence-electron chi connectivity index (χ4n) is 14.2. The fourth-order valence-corrected chi connectivity index (χ4v) is 71.8. The first-order valence-corrected chi connectivity index (χ1v) is 64.7. The highest BCUT2D eigenvalue weighted by Gasteiger charge is 2.60. The first kappa shape index (κ1) is 88.2. The summed E-state index contributed by atoms with van der Waals surface area (Å²) in [6.07, 6.45) is 1.22. The van der Waals surface area contributed by atoms with Crippen LogP contribution in [0.5, 0.6) is 28.7 Å². The SMILES string of the molecule is COC1=C(C)C(=O)C2=C(C1=O)[C@@H]1[C@@H]3CC4=C(C(=O)C(C)=C(C)C4=O)[C@H](CO)N3C(C#N)[C@H](C2)N1C.COc1c(C)c(OC)c2c(c1O)[C@@H]1[C@@H]3Cc4c(O)c(C)c(C)c(OC)c4[C@H](CO)N3C(C#N)[C@H](C2)N1C.S=S=S=S=S=S=S=S=S=S=S=S=S=S.S=S=S=S=S=S=S=S=S=S=S=S=S=S=S. The van der Waals surface area contributed by atoms with Gasteiger partial charge in [-0.3, -0.25) is 38.8 Å². The number of methoxy groups -OCH3 is 4. The second kappa shape index (κ2) is 43.0. The molecule has 4 bridgehead atoms. The van der Waals surface area contributed by atoms with Gasteiger partial charge in [-0.05, 0) is 92.4 Å². The molecule has 47 heteroatoms. The predicted octanol–water partition coefficient (Wildman–Crippen LogP) is 3.30. The maximum absolute atomic E-state index is 13.6. The van der Waals surface area contributed by atoms with Crippen molar-refractivity contribution < 1.29 is 58.6 Å². The largest absolute Gasteiger partial charge is 0.507 e. The van der Waals surface area contributed by atoms with Gasteiger partial charge in [0.2, 0.25) is 5.78 Å². The van der Waals surface area contributed by atoms with Crippen LogP contribution >= 0.6 is 0 Å². The molecule has 0 amide bonds. The summed E-state index contributed by atoms with van der Waals surface area (Å²) in [5.41, 5.74) is 7.51. The number of aliphatic hydroxyl groups excluding tert-OH is 2. The highest BCUT2D eigenvalue weighted by Crippen LogP contribution is 2.58. The van der Waals surface area contributed by atoms with E-state index in [2.05, 4.69) is 21.9 Å². The molecule has 0 spiro atoms. The number of hydrogen-bond acceptors (Lipinski definition) is 22. The van der Waals surface area contributed by atoms with Crippen molar-refractivity contribution in [3.05, 3.63) is 83.7 Å². The van der Waals surface area contributed by atoms with Crippen LogP contribution in [0.1, 0.15) is 84.6 Å². The summed E-state index contributed by atoms with van der Waals surface area (Å²) < 4.78 is 22.5. The van der Waals surface area contributed by atoms with Crippen LogP contribution in [-0.2, 0) is 304 Å². The number of rotatable bonds is 6. The van der Waals surface area contributed by atoms with Crippen LogP contribution in [0.15, 0.2) is 44.8 Å². The first-order chi connectivity index (χ1) is 48.6. The van der Waals surface area contributed by atoms with E-state index in [0.717, 1.165) is 22.3 Å². The summed E-state index contributed by atoms with van der Waals surface area (Å²) in [6, 6.07) is -0.347. The maximum Gasteiger partial charge on any atom is 0.226 e. The zero-order valence-electron chi connectivity index (χ0n) is 54.6. The molecule has 2 aromatic rings. The number of fused-ring (bicyclic) bond motifs is 12. The fraction of sp³-hybridized carbons (Fsp3) is 0.519. The molecule has 101 heavy (non-hydrogen) atoms. The summed E-state index contributed by atoms with van der Waals surface area (Å²) >= 11 is 18.9. The van der Waals surface area contributed by atoms with Gasteiger partial charge in [0.25, 0.3) is 0 Å². The van der Waals surface area contributed by atoms with Gasteiger partial charge in [0.05, 0.1) is 78.0 Å². The normalized spacial score (nSPS) is 23.4. The second-order valence-corrected chi connectivity index (χ2v) is 66.1. The van der Waals surface area contributed by atoms with E-state index in [1.165, 1.54) is 49.7 Å². The van der Waals surface area contributed by atoms with Crippen molar-refractivity contribution in [2.75, 3.05) is 55.7 Å². The van der Waals surface area contributed by atoms with E-state index in [1.54, 1.807) is 221 Å². The summed E-state index contributed by atoms with van der Waals surface area (Å²) in [6.45, 7) is 9.68. The van der Waals surface area contributed by atoms with Gasteiger partial charge in [-0.25, -0.2) is 0 Å². The Bertz CT molecular complexity index is 5180. The molecule has 6 aliphatic heterocycles. The Morgan fingerprint density at radius 3 is 1.25 bits per heavy atom. The van der Waals surface area contributed by atoms with Crippen LogP contribution in [0.4, 0.5) is 0 Å². The predicted molar refractivity (Wildman–Crippen MR) is 473 cm³/mol. The number of ketones is 4. The average molecular weight is 1920 g/mol. The molecule has 0 aromatic heterocycles. The average Bonchev–Trinajstić information content (AvgIpc) is 0.705. The number of phenols is 2. The molecule has 8 aliphatic rings. The van der Waals surface area contributed by atoms with E-state index in [0.29, 0.717) is 74.6 Å². The summed E-state index contributed by atoms with van der Waals surface area (Å²) in [5.74, 6) is 0.719. The summed E-state index contributed by atoms with van der Waals surface area (Å²) in [5, 5.41) is 64.8. The minimum absolute atomic E-state index is 0.00213. The van der Waals surface area contributed by atoms with Gasteiger partial charge in [-0.15, -0.1) is 0 Å². The van der Waals surface area contributed by atoms with Crippen molar-refractivity contribution in [3.63, 3.8) is 0 Å². The summed E-state index contributed by atoms with van der Waals surface area (Å²) in [4.78, 5) is 61.4. The maximum atomic E-state index is 13.6. The molecule has 10 rings (SSSR count). The Morgan fingerprint density at radius 2 is 0.812 bits per heavy atom. The van der Waals surface area contributed by atoms with Gasteiger partial charge in [0.1, 0.15) is 29.3 Å². The second-order valence-electron chi connectivity index (χ2n) is 21.9. The zero-order chi connectivity index (χ0) is 74.1. The number of Topliss-reactive ketones (excluding diaryl/α,β-unsaturated/α-hetero) is 4. The molecule has 6 heterocycles. The number of allylic oxidation sites excluding steroid dienone is 4. The van der Waals surface area contributed by atoms with Crippen molar-refractivity contribution in [3.8, 4) is 40.9 Å². The molecule has 2 saturated heterocycles. The van der Waals surface area contributed by atoms with Gasteiger partial charge in [-0.1, -0.05) is 0 Å². The van der Waals surface area contributed by atoms with Crippen molar-refractivity contribution in [1.82, 2.24) is 19.6 Å². The molecule has 554 valence electrons. The molecule has 2 unspecified atom stereocenters. The molecule has 18 nitrogen and oxygen atoms in total. The molecule has 0 radical (unpaired) electrons. The number of phenolic OH excluding ortho intramolecular Hbond substituents is 2. The van der Waals surface area contributed by atoms with Crippen molar-refractivity contribution in [2.45, 2.75) is 128 Å². The summed E-state index contributed by atoms with van der Waals surface area (Å²) in [7, 11) is 51.5. The van der Waals surface area contributed by atoms with Crippen LogP contribution in [0, 0.1) is 43.4 Å². The van der Waals surface area contributed by atoms with Gasteiger partial charge >= 0.3 is 0 Å². The molecule has 10 atom stereocenters. The number of benzene rings is 2. The molecule has 4 N–H and O–H groups in total. The Morgan fingerprint density at radius 1 is 0.426 bits per heavy atom. The van der Waals surface area contributed by atoms with Crippen LogP contribution in [-0.4, -0.2) is 167 Å². The van der Waals surface area contributed by atoms with Crippen molar-refractivity contribution in [2.24, 2.45) is 0 Å². The third-order valence-corrected chi connectivity index (χ3v) is 69.3. The molecule has 2 aromatic carbocycles. The number of ether oxygens (including phenoxy) is 4. The molecular weight excluding hydrogens is 1850 g/mol. The van der Waals surface area contributed by atoms with Gasteiger partial charge in [-0.2, -0.15) is 10.5 Å². The smallest absolute Gasteiger partial charge is 0.226 e. The Kier molecular flexibility index (Phi) is 37.5. The number of carbonyl (C=O) groups is 4. The lowest BCUT2D eigenvalue weighted by Gasteiger charge is -2.60. The van der Waals surface area contributed by atoms with E-state index in [-0.39, 0.29) is 89.1 Å². The lowest BCUT2D eigenvalue weighted by Crippen LogP contribution is -2.74. The number of aliphatic hydroxyl groups is 2. The van der Waals surface area contributed by atoms with Crippen LogP contribution in [0.2, 0.25) is 0 Å². The Hall–Kier alpha value is -0.000000000000000833. The van der Waals surface area contributed by atoms with E-state index in [4.69, 9.17) is 63.7 Å². The van der Waals surface area contributed by atoms with Crippen molar-refractivity contribution in [1.29, 1.82) is 10.5 Å². The van der Waals surface area contributed by atoms with Crippen LogP contribution < -0.4 is 14.2 Å². The minimum Gasteiger partial charge on any atom is -0.507 e.